The number of halogens is 1. The van der Waals surface area contributed by atoms with E-state index in [0.29, 0.717) is 6.42 Å². The average Bonchev–Trinajstić information content (AvgIpc) is 2.92. The Morgan fingerprint density at radius 2 is 2.10 bits per heavy atom. The summed E-state index contributed by atoms with van der Waals surface area (Å²) in [7, 11) is 0. The summed E-state index contributed by atoms with van der Waals surface area (Å²) >= 11 is 5.17. The Morgan fingerprint density at radius 3 is 2.60 bits per heavy atom. The fraction of sp³-hybridized carbons (Fsp3) is 0.467. The van der Waals surface area contributed by atoms with E-state index in [1.165, 1.54) is 10.4 Å². The molecule has 0 aliphatic rings. The van der Waals surface area contributed by atoms with Crippen LogP contribution in [-0.4, -0.2) is 15.6 Å². The number of hydrogen-bond acceptors (Lipinski definition) is 3. The SMILES string of the molecule is CCc1nn(CC)c(CC(=O)c2cc(C)c(C)s2)c1Br. The zero-order valence-electron chi connectivity index (χ0n) is 12.3. The second-order valence-electron chi connectivity index (χ2n) is 4.83. The molecule has 0 atom stereocenters. The Balaban J connectivity index is 2.29. The number of Topliss-reactive ketones (excluding diaryl/α,β-unsaturated/α-hetero) is 1. The van der Waals surface area contributed by atoms with Gasteiger partial charge in [-0.05, 0) is 54.8 Å². The van der Waals surface area contributed by atoms with Gasteiger partial charge in [-0.25, -0.2) is 0 Å². The van der Waals surface area contributed by atoms with Gasteiger partial charge < -0.3 is 0 Å². The highest BCUT2D eigenvalue weighted by atomic mass is 79.9. The number of aromatic nitrogens is 2. The number of carbonyl (C=O) groups is 1. The lowest BCUT2D eigenvalue weighted by Gasteiger charge is -2.03. The molecule has 0 saturated heterocycles. The second kappa shape index (κ2) is 6.22. The first kappa shape index (κ1) is 15.4. The highest BCUT2D eigenvalue weighted by Gasteiger charge is 2.19. The number of rotatable bonds is 5. The highest BCUT2D eigenvalue weighted by Crippen LogP contribution is 2.26. The van der Waals surface area contributed by atoms with Crippen LogP contribution in [0.15, 0.2) is 10.5 Å². The van der Waals surface area contributed by atoms with Crippen LogP contribution in [0, 0.1) is 13.8 Å². The molecule has 5 heteroatoms. The zero-order valence-corrected chi connectivity index (χ0v) is 14.7. The van der Waals surface area contributed by atoms with E-state index in [9.17, 15) is 4.79 Å². The summed E-state index contributed by atoms with van der Waals surface area (Å²) in [5.41, 5.74) is 3.20. The van der Waals surface area contributed by atoms with Crippen molar-refractivity contribution in [3.63, 3.8) is 0 Å². The molecule has 0 fully saturated rings. The number of hydrogen-bond donors (Lipinski definition) is 0. The lowest BCUT2D eigenvalue weighted by Crippen LogP contribution is -2.09. The first-order chi connectivity index (χ1) is 9.47. The number of carbonyl (C=O) groups excluding carboxylic acids is 1. The molecule has 0 aliphatic carbocycles. The van der Waals surface area contributed by atoms with Crippen molar-refractivity contribution in [3.8, 4) is 0 Å². The maximum atomic E-state index is 12.4. The van der Waals surface area contributed by atoms with Gasteiger partial charge in [0.05, 0.1) is 27.2 Å². The summed E-state index contributed by atoms with van der Waals surface area (Å²) < 4.78 is 2.91. The van der Waals surface area contributed by atoms with E-state index in [4.69, 9.17) is 0 Å². The quantitative estimate of drug-likeness (QED) is 0.748. The van der Waals surface area contributed by atoms with E-state index in [-0.39, 0.29) is 5.78 Å². The molecule has 0 saturated carbocycles. The van der Waals surface area contributed by atoms with E-state index >= 15 is 0 Å². The first-order valence-electron chi connectivity index (χ1n) is 6.82. The fourth-order valence-corrected chi connectivity index (χ4v) is 3.81. The lowest BCUT2D eigenvalue weighted by molar-refractivity contribution is 0.0994. The third-order valence-corrected chi connectivity index (χ3v) is 5.57. The molecule has 2 aromatic heterocycles. The van der Waals surface area contributed by atoms with Crippen LogP contribution in [0.3, 0.4) is 0 Å². The third kappa shape index (κ3) is 2.88. The molecule has 0 radical (unpaired) electrons. The van der Waals surface area contributed by atoms with Crippen molar-refractivity contribution in [3.05, 3.63) is 37.2 Å². The van der Waals surface area contributed by atoms with Gasteiger partial charge in [-0.2, -0.15) is 5.10 Å². The van der Waals surface area contributed by atoms with Crippen molar-refractivity contribution in [2.45, 2.75) is 47.1 Å². The number of aryl methyl sites for hydroxylation is 4. The minimum atomic E-state index is 0.171. The molecule has 0 unspecified atom stereocenters. The summed E-state index contributed by atoms with van der Waals surface area (Å²) in [6.45, 7) is 9.00. The van der Waals surface area contributed by atoms with Crippen LogP contribution in [0.4, 0.5) is 0 Å². The van der Waals surface area contributed by atoms with E-state index in [1.807, 2.05) is 24.6 Å². The molecule has 0 N–H and O–H groups in total. The van der Waals surface area contributed by atoms with Crippen LogP contribution in [0.25, 0.3) is 0 Å². The molecular formula is C15H19BrN2OS. The normalized spacial score (nSPS) is 11.1. The Morgan fingerprint density at radius 1 is 1.40 bits per heavy atom. The van der Waals surface area contributed by atoms with Gasteiger partial charge in [0.1, 0.15) is 0 Å². The van der Waals surface area contributed by atoms with Gasteiger partial charge in [0.25, 0.3) is 0 Å². The molecular weight excluding hydrogens is 336 g/mol. The van der Waals surface area contributed by atoms with Gasteiger partial charge in [0, 0.05) is 11.4 Å². The second-order valence-corrected chi connectivity index (χ2v) is 6.88. The largest absolute Gasteiger partial charge is 0.293 e. The Hall–Kier alpha value is -0.940. The fourth-order valence-electron chi connectivity index (χ4n) is 2.14. The number of nitrogens with zero attached hydrogens (tertiary/aromatic N) is 2. The first-order valence-corrected chi connectivity index (χ1v) is 8.43. The molecule has 0 bridgehead atoms. The van der Waals surface area contributed by atoms with Crippen LogP contribution in [0.1, 0.15) is 45.3 Å². The summed E-state index contributed by atoms with van der Waals surface area (Å²) in [4.78, 5) is 14.5. The van der Waals surface area contributed by atoms with Crippen LogP contribution in [-0.2, 0) is 19.4 Å². The molecule has 0 amide bonds. The zero-order chi connectivity index (χ0) is 14.9. The van der Waals surface area contributed by atoms with Gasteiger partial charge in [-0.1, -0.05) is 6.92 Å². The Kier molecular flexibility index (Phi) is 4.81. The van der Waals surface area contributed by atoms with E-state index in [1.54, 1.807) is 11.3 Å². The smallest absolute Gasteiger partial charge is 0.178 e. The predicted octanol–water partition coefficient (Wildman–Crippen LogP) is 4.33. The van der Waals surface area contributed by atoms with Crippen molar-refractivity contribution in [2.24, 2.45) is 0 Å². The molecule has 0 aliphatic heterocycles. The molecule has 2 rings (SSSR count). The highest BCUT2D eigenvalue weighted by molar-refractivity contribution is 9.10. The van der Waals surface area contributed by atoms with Gasteiger partial charge in [-0.15, -0.1) is 11.3 Å². The number of thiophene rings is 1. The molecule has 2 aromatic rings. The topological polar surface area (TPSA) is 34.9 Å². The maximum Gasteiger partial charge on any atom is 0.178 e. The van der Waals surface area contributed by atoms with E-state index < -0.39 is 0 Å². The monoisotopic (exact) mass is 354 g/mol. The minimum absolute atomic E-state index is 0.171. The van der Waals surface area contributed by atoms with Crippen LogP contribution in [0.2, 0.25) is 0 Å². The van der Waals surface area contributed by atoms with E-state index in [0.717, 1.165) is 33.7 Å². The van der Waals surface area contributed by atoms with Crippen molar-refractivity contribution in [2.75, 3.05) is 0 Å². The van der Waals surface area contributed by atoms with Gasteiger partial charge in [0.2, 0.25) is 0 Å². The summed E-state index contributed by atoms with van der Waals surface area (Å²) in [6, 6.07) is 1.99. The standard InChI is InChI=1S/C15H19BrN2OS/c1-5-11-15(16)12(18(6-2)17-11)8-13(19)14-7-9(3)10(4)20-14/h7H,5-6,8H2,1-4H3. The maximum absolute atomic E-state index is 12.4. The third-order valence-electron chi connectivity index (χ3n) is 3.46. The van der Waals surface area contributed by atoms with Gasteiger partial charge >= 0.3 is 0 Å². The molecule has 3 nitrogen and oxygen atoms in total. The van der Waals surface area contributed by atoms with Crippen LogP contribution in [0.5, 0.6) is 0 Å². The molecule has 0 spiro atoms. The minimum Gasteiger partial charge on any atom is -0.293 e. The summed E-state index contributed by atoms with van der Waals surface area (Å²) in [5, 5.41) is 4.54. The van der Waals surface area contributed by atoms with Crippen molar-refractivity contribution in [1.29, 1.82) is 0 Å². The Labute approximate surface area is 132 Å². The molecule has 108 valence electrons. The predicted molar refractivity (Wildman–Crippen MR) is 86.8 cm³/mol. The van der Waals surface area contributed by atoms with E-state index in [2.05, 4.69) is 34.9 Å². The van der Waals surface area contributed by atoms with Crippen LogP contribution >= 0.6 is 27.3 Å². The van der Waals surface area contributed by atoms with Gasteiger partial charge in [0.15, 0.2) is 5.78 Å². The number of ketones is 1. The lowest BCUT2D eigenvalue weighted by atomic mass is 10.1. The van der Waals surface area contributed by atoms with Gasteiger partial charge in [-0.3, -0.25) is 9.48 Å². The summed E-state index contributed by atoms with van der Waals surface area (Å²) in [5.74, 6) is 0.171. The van der Waals surface area contributed by atoms with Crippen molar-refractivity contribution < 1.29 is 4.79 Å². The molecule has 20 heavy (non-hydrogen) atoms. The Bertz CT molecular complexity index is 623. The summed E-state index contributed by atoms with van der Waals surface area (Å²) in [6.07, 6.45) is 1.27. The van der Waals surface area contributed by atoms with Crippen molar-refractivity contribution in [1.82, 2.24) is 9.78 Å². The van der Waals surface area contributed by atoms with Crippen molar-refractivity contribution >= 4 is 33.0 Å². The average molecular weight is 355 g/mol. The van der Waals surface area contributed by atoms with Crippen LogP contribution < -0.4 is 0 Å². The molecule has 0 aromatic carbocycles. The molecule has 2 heterocycles.